The molecule has 2 rings (SSSR count). The number of aromatic nitrogens is 2. The normalized spacial score (nSPS) is 25.1. The van der Waals surface area contributed by atoms with Crippen LogP contribution in [0.5, 0.6) is 0 Å². The van der Waals surface area contributed by atoms with E-state index in [1.165, 1.54) is 24.9 Å². The van der Waals surface area contributed by atoms with E-state index in [9.17, 15) is 0 Å². The quantitative estimate of drug-likeness (QED) is 0.875. The number of likely N-dealkylation sites (tertiary alicyclic amines) is 1. The van der Waals surface area contributed by atoms with Gasteiger partial charge in [0.2, 0.25) is 0 Å². The molecule has 1 atom stereocenters. The molecule has 0 bridgehead atoms. The average molecular weight is 279 g/mol. The van der Waals surface area contributed by atoms with E-state index in [1.807, 2.05) is 17.9 Å². The van der Waals surface area contributed by atoms with Gasteiger partial charge >= 0.3 is 0 Å². The van der Waals surface area contributed by atoms with Crippen LogP contribution in [0.25, 0.3) is 0 Å². The third-order valence-corrected chi connectivity index (χ3v) is 4.82. The van der Waals surface area contributed by atoms with Crippen molar-refractivity contribution in [2.75, 3.05) is 33.2 Å². The average Bonchev–Trinajstić information content (AvgIpc) is 2.74. The fourth-order valence-electron chi connectivity index (χ4n) is 3.29. The number of aryl methyl sites for hydroxylation is 1. The lowest BCUT2D eigenvalue weighted by Gasteiger charge is -2.40. The summed E-state index contributed by atoms with van der Waals surface area (Å²) in [6, 6.07) is 0. The molecule has 0 saturated carbocycles. The van der Waals surface area contributed by atoms with Crippen LogP contribution in [0, 0.1) is 0 Å². The Morgan fingerprint density at radius 1 is 1.40 bits per heavy atom. The molecule has 5 nitrogen and oxygen atoms in total. The van der Waals surface area contributed by atoms with Gasteiger partial charge in [-0.25, -0.2) is 0 Å². The standard InChI is InChI=1S/C15H29N5/c1-4-20-8-5-6-15(13-16,7-9-20)18(2)11-14-10-17-19(3)12-14/h10,12H,4-9,11,13,16H2,1-3H3. The molecule has 5 heteroatoms. The number of likely N-dealkylation sites (N-methyl/N-ethyl adjacent to an activating group) is 1. The minimum absolute atomic E-state index is 0.139. The molecule has 1 aliphatic rings. The summed E-state index contributed by atoms with van der Waals surface area (Å²) in [5.74, 6) is 0. The lowest BCUT2D eigenvalue weighted by Crippen LogP contribution is -2.52. The molecule has 0 spiro atoms. The molecule has 0 amide bonds. The minimum atomic E-state index is 0.139. The molecule has 114 valence electrons. The van der Waals surface area contributed by atoms with Crippen molar-refractivity contribution in [2.24, 2.45) is 12.8 Å². The first-order valence-electron chi connectivity index (χ1n) is 7.71. The Hall–Kier alpha value is -0.910. The maximum absolute atomic E-state index is 6.17. The zero-order chi connectivity index (χ0) is 14.6. The number of nitrogens with two attached hydrogens (primary N) is 1. The largest absolute Gasteiger partial charge is 0.329 e. The zero-order valence-corrected chi connectivity index (χ0v) is 13.2. The van der Waals surface area contributed by atoms with E-state index in [0.717, 1.165) is 32.6 Å². The lowest BCUT2D eigenvalue weighted by atomic mass is 9.88. The van der Waals surface area contributed by atoms with Gasteiger partial charge in [0.05, 0.1) is 6.20 Å². The summed E-state index contributed by atoms with van der Waals surface area (Å²) >= 11 is 0. The van der Waals surface area contributed by atoms with Crippen molar-refractivity contribution in [3.8, 4) is 0 Å². The number of nitrogens with zero attached hydrogens (tertiary/aromatic N) is 4. The molecule has 20 heavy (non-hydrogen) atoms. The summed E-state index contributed by atoms with van der Waals surface area (Å²) < 4.78 is 1.87. The molecule has 1 unspecified atom stereocenters. The van der Waals surface area contributed by atoms with Gasteiger partial charge in [-0.05, 0) is 45.9 Å². The SMILES string of the molecule is CCN1CCCC(CN)(N(C)Cc2cnn(C)c2)CC1. The second kappa shape index (κ2) is 6.70. The first-order chi connectivity index (χ1) is 9.59. The molecule has 2 heterocycles. The first-order valence-corrected chi connectivity index (χ1v) is 7.71. The van der Waals surface area contributed by atoms with Crippen molar-refractivity contribution in [3.05, 3.63) is 18.0 Å². The predicted octanol–water partition coefficient (Wildman–Crippen LogP) is 1.06. The third kappa shape index (κ3) is 3.40. The Kier molecular flexibility index (Phi) is 5.18. The van der Waals surface area contributed by atoms with E-state index in [-0.39, 0.29) is 5.54 Å². The Balaban J connectivity index is 2.05. The topological polar surface area (TPSA) is 50.3 Å². The summed E-state index contributed by atoms with van der Waals surface area (Å²) in [6.07, 6.45) is 7.64. The Morgan fingerprint density at radius 3 is 2.80 bits per heavy atom. The summed E-state index contributed by atoms with van der Waals surface area (Å²) in [5.41, 5.74) is 7.58. The molecule has 1 fully saturated rings. The fraction of sp³-hybridized carbons (Fsp3) is 0.800. The van der Waals surface area contributed by atoms with Crippen LogP contribution in [0.4, 0.5) is 0 Å². The molecule has 0 aliphatic carbocycles. The van der Waals surface area contributed by atoms with Gasteiger partial charge in [-0.3, -0.25) is 9.58 Å². The van der Waals surface area contributed by atoms with Crippen molar-refractivity contribution in [2.45, 2.75) is 38.3 Å². The van der Waals surface area contributed by atoms with Crippen molar-refractivity contribution in [1.29, 1.82) is 0 Å². The van der Waals surface area contributed by atoms with E-state index in [2.05, 4.69) is 35.1 Å². The van der Waals surface area contributed by atoms with Crippen LogP contribution in [0.2, 0.25) is 0 Å². The third-order valence-electron chi connectivity index (χ3n) is 4.82. The molecule has 1 saturated heterocycles. The summed E-state index contributed by atoms with van der Waals surface area (Å²) in [4.78, 5) is 4.98. The summed E-state index contributed by atoms with van der Waals surface area (Å²) in [7, 11) is 4.18. The molecule has 1 aromatic rings. The molecule has 2 N–H and O–H groups in total. The fourth-order valence-corrected chi connectivity index (χ4v) is 3.29. The lowest BCUT2D eigenvalue weighted by molar-refractivity contribution is 0.0994. The van der Waals surface area contributed by atoms with Crippen molar-refractivity contribution in [1.82, 2.24) is 19.6 Å². The molecule has 0 aromatic carbocycles. The number of hydrogen-bond acceptors (Lipinski definition) is 4. The van der Waals surface area contributed by atoms with Crippen molar-refractivity contribution in [3.63, 3.8) is 0 Å². The van der Waals surface area contributed by atoms with E-state index < -0.39 is 0 Å². The van der Waals surface area contributed by atoms with Gasteiger partial charge in [0.25, 0.3) is 0 Å². The van der Waals surface area contributed by atoms with Crippen LogP contribution in [-0.2, 0) is 13.6 Å². The van der Waals surface area contributed by atoms with Crippen LogP contribution in [0.1, 0.15) is 31.7 Å². The highest BCUT2D eigenvalue weighted by Crippen LogP contribution is 2.28. The van der Waals surface area contributed by atoms with E-state index in [0.29, 0.717) is 0 Å². The van der Waals surface area contributed by atoms with Gasteiger partial charge in [0.1, 0.15) is 0 Å². The molecular formula is C15H29N5. The monoisotopic (exact) mass is 279 g/mol. The maximum Gasteiger partial charge on any atom is 0.0534 e. The smallest absolute Gasteiger partial charge is 0.0534 e. The van der Waals surface area contributed by atoms with Gasteiger partial charge in [-0.1, -0.05) is 6.92 Å². The highest BCUT2D eigenvalue weighted by atomic mass is 15.3. The van der Waals surface area contributed by atoms with Crippen LogP contribution in [0.3, 0.4) is 0 Å². The highest BCUT2D eigenvalue weighted by Gasteiger charge is 2.35. The van der Waals surface area contributed by atoms with Crippen molar-refractivity contribution >= 4 is 0 Å². The second-order valence-corrected chi connectivity index (χ2v) is 6.09. The van der Waals surface area contributed by atoms with Crippen LogP contribution in [0.15, 0.2) is 12.4 Å². The number of rotatable bonds is 5. The van der Waals surface area contributed by atoms with E-state index in [1.54, 1.807) is 0 Å². The Labute approximate surface area is 122 Å². The predicted molar refractivity (Wildman–Crippen MR) is 82.4 cm³/mol. The number of hydrogen-bond donors (Lipinski definition) is 1. The molecule has 1 aromatic heterocycles. The first kappa shape index (κ1) is 15.5. The van der Waals surface area contributed by atoms with Crippen LogP contribution < -0.4 is 5.73 Å². The van der Waals surface area contributed by atoms with E-state index >= 15 is 0 Å². The molecule has 0 radical (unpaired) electrons. The van der Waals surface area contributed by atoms with Gasteiger partial charge in [-0.2, -0.15) is 5.10 Å². The second-order valence-electron chi connectivity index (χ2n) is 6.09. The Morgan fingerprint density at radius 2 is 2.20 bits per heavy atom. The van der Waals surface area contributed by atoms with Gasteiger partial charge in [0, 0.05) is 37.4 Å². The maximum atomic E-state index is 6.17. The van der Waals surface area contributed by atoms with Gasteiger partial charge in [-0.15, -0.1) is 0 Å². The zero-order valence-electron chi connectivity index (χ0n) is 13.2. The molecular weight excluding hydrogens is 250 g/mol. The van der Waals surface area contributed by atoms with E-state index in [4.69, 9.17) is 5.73 Å². The summed E-state index contributed by atoms with van der Waals surface area (Å²) in [5, 5.41) is 4.26. The van der Waals surface area contributed by atoms with Crippen LogP contribution >= 0.6 is 0 Å². The van der Waals surface area contributed by atoms with Gasteiger partial charge in [0.15, 0.2) is 0 Å². The van der Waals surface area contributed by atoms with Crippen molar-refractivity contribution < 1.29 is 0 Å². The highest BCUT2D eigenvalue weighted by molar-refractivity contribution is 5.05. The minimum Gasteiger partial charge on any atom is -0.329 e. The van der Waals surface area contributed by atoms with Gasteiger partial charge < -0.3 is 10.6 Å². The molecule has 1 aliphatic heterocycles. The van der Waals surface area contributed by atoms with Crippen LogP contribution in [-0.4, -0.2) is 58.3 Å². The Bertz CT molecular complexity index is 416. The summed E-state index contributed by atoms with van der Waals surface area (Å²) in [6.45, 7) is 7.42.